The molecule has 14 heavy (non-hydrogen) atoms. The van der Waals surface area contributed by atoms with Crippen molar-refractivity contribution in [3.05, 3.63) is 24.3 Å². The minimum absolute atomic E-state index is 0.157. The van der Waals surface area contributed by atoms with Crippen molar-refractivity contribution in [1.29, 1.82) is 0 Å². The quantitative estimate of drug-likeness (QED) is 0.754. The smallest absolute Gasteiger partial charge is 0.391 e. The molecule has 7 heteroatoms. The van der Waals surface area contributed by atoms with Gasteiger partial charge in [0, 0.05) is 6.26 Å². The Balaban J connectivity index is 2.90. The minimum atomic E-state index is -3.22. The Bertz CT molecular complexity index is 397. The van der Waals surface area contributed by atoms with Crippen LogP contribution >= 0.6 is 8.60 Å². The molecule has 0 aliphatic heterocycles. The molecular weight excluding hydrogens is 227 g/mol. The van der Waals surface area contributed by atoms with E-state index >= 15 is 0 Å². The maximum absolute atomic E-state index is 11.0. The standard InChI is InChI=1S/C7H9O5PS/c1-14(10,11)7-4-2-6(3-5-7)12-13(8)9/h2-5,8-9H,1H3. The second-order valence-corrected chi connectivity index (χ2v) is 5.29. The number of benzene rings is 1. The summed E-state index contributed by atoms with van der Waals surface area (Å²) in [4.78, 5) is 17.2. The largest absolute Gasteiger partial charge is 0.427 e. The van der Waals surface area contributed by atoms with Crippen molar-refractivity contribution in [2.45, 2.75) is 4.90 Å². The molecule has 0 aromatic heterocycles. The molecule has 0 amide bonds. The molecule has 0 bridgehead atoms. The molecule has 1 rings (SSSR count). The molecule has 0 aliphatic carbocycles. The average Bonchev–Trinajstić information content (AvgIpc) is 2.02. The van der Waals surface area contributed by atoms with Crippen molar-refractivity contribution in [2.24, 2.45) is 0 Å². The third-order valence-corrected chi connectivity index (χ3v) is 2.94. The molecule has 0 fully saturated rings. The highest BCUT2D eigenvalue weighted by molar-refractivity contribution is 7.90. The van der Waals surface area contributed by atoms with Crippen molar-refractivity contribution in [1.82, 2.24) is 0 Å². The number of sulfone groups is 1. The molecule has 1 aromatic carbocycles. The van der Waals surface area contributed by atoms with E-state index in [9.17, 15) is 8.42 Å². The lowest BCUT2D eigenvalue weighted by Gasteiger charge is -2.05. The van der Waals surface area contributed by atoms with Crippen LogP contribution in [0, 0.1) is 0 Å². The second-order valence-electron chi connectivity index (χ2n) is 2.59. The third kappa shape index (κ3) is 3.23. The van der Waals surface area contributed by atoms with Crippen molar-refractivity contribution in [3.8, 4) is 5.75 Å². The summed E-state index contributed by atoms with van der Waals surface area (Å²) in [5.74, 6) is 0.216. The van der Waals surface area contributed by atoms with Crippen LogP contribution in [0.1, 0.15) is 0 Å². The van der Waals surface area contributed by atoms with Gasteiger partial charge in [0.15, 0.2) is 9.84 Å². The zero-order valence-corrected chi connectivity index (χ0v) is 8.99. The summed E-state index contributed by atoms with van der Waals surface area (Å²) in [6.07, 6.45) is 1.09. The number of rotatable bonds is 3. The van der Waals surface area contributed by atoms with Gasteiger partial charge in [-0.15, -0.1) is 0 Å². The Kier molecular flexibility index (Phi) is 3.44. The van der Waals surface area contributed by atoms with Crippen LogP contribution in [0.15, 0.2) is 29.2 Å². The van der Waals surface area contributed by atoms with Crippen LogP contribution in [0.5, 0.6) is 5.75 Å². The molecule has 0 radical (unpaired) electrons. The van der Waals surface area contributed by atoms with Gasteiger partial charge in [-0.2, -0.15) is 0 Å². The Morgan fingerprint density at radius 2 is 1.71 bits per heavy atom. The van der Waals surface area contributed by atoms with Crippen LogP contribution in [0.3, 0.4) is 0 Å². The van der Waals surface area contributed by atoms with Crippen LogP contribution in [-0.2, 0) is 9.84 Å². The predicted molar refractivity (Wildman–Crippen MR) is 51.5 cm³/mol. The van der Waals surface area contributed by atoms with Crippen LogP contribution in [0.4, 0.5) is 0 Å². The first-order valence-electron chi connectivity index (χ1n) is 3.55. The molecular formula is C7H9O5PS. The van der Waals surface area contributed by atoms with Crippen LogP contribution in [0.25, 0.3) is 0 Å². The van der Waals surface area contributed by atoms with Crippen molar-refractivity contribution in [2.75, 3.05) is 6.26 Å². The molecule has 0 aliphatic rings. The highest BCUT2D eigenvalue weighted by Gasteiger charge is 2.07. The van der Waals surface area contributed by atoms with E-state index in [1.807, 2.05) is 0 Å². The molecule has 0 spiro atoms. The second kappa shape index (κ2) is 4.23. The van der Waals surface area contributed by atoms with Gasteiger partial charge in [-0.25, -0.2) is 8.42 Å². The molecule has 2 N–H and O–H groups in total. The first-order chi connectivity index (χ1) is 6.39. The summed E-state index contributed by atoms with van der Waals surface area (Å²) in [6.45, 7) is 0. The molecule has 0 unspecified atom stereocenters. The normalized spacial score (nSPS) is 11.7. The van der Waals surface area contributed by atoms with E-state index in [0.29, 0.717) is 0 Å². The lowest BCUT2D eigenvalue weighted by molar-refractivity contribution is 0.375. The van der Waals surface area contributed by atoms with E-state index < -0.39 is 18.4 Å². The number of hydrogen-bond donors (Lipinski definition) is 2. The van der Waals surface area contributed by atoms with E-state index in [1.54, 1.807) is 0 Å². The van der Waals surface area contributed by atoms with E-state index in [1.165, 1.54) is 24.3 Å². The first kappa shape index (κ1) is 11.4. The van der Waals surface area contributed by atoms with Crippen LogP contribution in [-0.4, -0.2) is 24.5 Å². The fourth-order valence-electron chi connectivity index (χ4n) is 0.842. The van der Waals surface area contributed by atoms with Crippen molar-refractivity contribution < 1.29 is 22.7 Å². The van der Waals surface area contributed by atoms with E-state index in [0.717, 1.165) is 6.26 Å². The highest BCUT2D eigenvalue weighted by Crippen LogP contribution is 2.29. The van der Waals surface area contributed by atoms with Crippen molar-refractivity contribution >= 4 is 18.4 Å². The zero-order valence-electron chi connectivity index (χ0n) is 7.28. The van der Waals surface area contributed by atoms with Gasteiger partial charge in [0.25, 0.3) is 0 Å². The molecule has 0 saturated heterocycles. The summed E-state index contributed by atoms with van der Waals surface area (Å²) in [7, 11) is -5.69. The fourth-order valence-corrected chi connectivity index (χ4v) is 1.78. The van der Waals surface area contributed by atoms with E-state index in [-0.39, 0.29) is 10.6 Å². The van der Waals surface area contributed by atoms with Gasteiger partial charge in [0.2, 0.25) is 0 Å². The Morgan fingerprint density at radius 3 is 2.07 bits per heavy atom. The Labute approximate surface area is 82.9 Å². The van der Waals surface area contributed by atoms with Gasteiger partial charge in [-0.3, -0.25) is 0 Å². The molecule has 0 heterocycles. The van der Waals surface area contributed by atoms with E-state index in [2.05, 4.69) is 4.52 Å². The van der Waals surface area contributed by atoms with Gasteiger partial charge >= 0.3 is 8.60 Å². The number of hydrogen-bond acceptors (Lipinski definition) is 5. The maximum atomic E-state index is 11.0. The summed E-state index contributed by atoms with van der Waals surface area (Å²) >= 11 is 0. The molecule has 5 nitrogen and oxygen atoms in total. The third-order valence-electron chi connectivity index (χ3n) is 1.44. The lowest BCUT2D eigenvalue weighted by atomic mass is 10.3. The van der Waals surface area contributed by atoms with Gasteiger partial charge in [0.05, 0.1) is 4.90 Å². The Morgan fingerprint density at radius 1 is 1.21 bits per heavy atom. The summed E-state index contributed by atoms with van der Waals surface area (Å²) in [5.41, 5.74) is 0. The van der Waals surface area contributed by atoms with Crippen LogP contribution in [0.2, 0.25) is 0 Å². The first-order valence-corrected chi connectivity index (χ1v) is 6.61. The lowest BCUT2D eigenvalue weighted by Crippen LogP contribution is -1.96. The summed E-state index contributed by atoms with van der Waals surface area (Å²) in [6, 6.07) is 5.39. The SMILES string of the molecule is CS(=O)(=O)c1ccc(OP(O)O)cc1. The van der Waals surface area contributed by atoms with Gasteiger partial charge in [-0.1, -0.05) is 0 Å². The zero-order chi connectivity index (χ0) is 10.8. The minimum Gasteiger partial charge on any atom is -0.427 e. The maximum Gasteiger partial charge on any atom is 0.391 e. The van der Waals surface area contributed by atoms with E-state index in [4.69, 9.17) is 9.79 Å². The summed E-state index contributed by atoms with van der Waals surface area (Å²) in [5, 5.41) is 0. The highest BCUT2D eigenvalue weighted by atomic mass is 32.2. The topological polar surface area (TPSA) is 83.8 Å². The van der Waals surface area contributed by atoms with Gasteiger partial charge < -0.3 is 14.3 Å². The molecule has 0 saturated carbocycles. The summed E-state index contributed by atoms with van der Waals surface area (Å²) < 4.78 is 26.6. The van der Waals surface area contributed by atoms with Crippen LogP contribution < -0.4 is 4.52 Å². The van der Waals surface area contributed by atoms with Gasteiger partial charge in [0.1, 0.15) is 5.75 Å². The Hall–Kier alpha value is -0.680. The molecule has 78 valence electrons. The fraction of sp³-hybridized carbons (Fsp3) is 0.143. The average molecular weight is 236 g/mol. The monoisotopic (exact) mass is 236 g/mol. The molecule has 1 aromatic rings. The van der Waals surface area contributed by atoms with Gasteiger partial charge in [-0.05, 0) is 24.3 Å². The van der Waals surface area contributed by atoms with Crippen molar-refractivity contribution in [3.63, 3.8) is 0 Å². The predicted octanol–water partition coefficient (Wildman–Crippen LogP) is 0.680. The molecule has 0 atom stereocenters.